The largest absolute Gasteiger partial charge is 0.497 e. The maximum absolute atomic E-state index is 13.5. The van der Waals surface area contributed by atoms with Gasteiger partial charge in [-0.15, -0.1) is 0 Å². The number of nitrogens with zero attached hydrogens (tertiary/aromatic N) is 1. The number of aliphatic hydroxyl groups is 1. The van der Waals surface area contributed by atoms with Gasteiger partial charge in [-0.1, -0.05) is 46.3 Å². The number of hydrogen-bond acceptors (Lipinski definition) is 5. The Kier molecular flexibility index (Phi) is 6.04. The van der Waals surface area contributed by atoms with Crippen LogP contribution in [0.15, 0.2) is 71.2 Å². The fraction of sp³-hybridized carbons (Fsp3) is 0.200. The second kappa shape index (κ2) is 8.76. The molecule has 0 saturated carbocycles. The van der Waals surface area contributed by atoms with Crippen LogP contribution in [0.5, 0.6) is 11.5 Å². The van der Waals surface area contributed by atoms with Gasteiger partial charge in [0.25, 0.3) is 5.91 Å². The molecule has 1 atom stereocenters. The van der Waals surface area contributed by atoms with E-state index >= 15 is 0 Å². The van der Waals surface area contributed by atoms with Crippen LogP contribution in [0.1, 0.15) is 27.9 Å². The van der Waals surface area contributed by atoms with E-state index in [4.69, 9.17) is 9.47 Å². The Morgan fingerprint density at radius 2 is 1.78 bits per heavy atom. The molecule has 1 unspecified atom stereocenters. The first-order valence-corrected chi connectivity index (χ1v) is 10.8. The number of ketones is 1. The third kappa shape index (κ3) is 3.89. The second-order valence-electron chi connectivity index (χ2n) is 7.56. The zero-order chi connectivity index (χ0) is 22.9. The van der Waals surface area contributed by atoms with Gasteiger partial charge in [-0.25, -0.2) is 0 Å². The molecule has 0 bridgehead atoms. The molecule has 1 heterocycles. The average molecular weight is 496 g/mol. The number of carbonyl (C=O) groups excluding carboxylic acids is 2. The highest BCUT2D eigenvalue weighted by Crippen LogP contribution is 2.45. The van der Waals surface area contributed by atoms with Crippen LogP contribution in [0.25, 0.3) is 0 Å². The molecule has 4 rings (SSSR count). The first-order chi connectivity index (χ1) is 15.4. The van der Waals surface area contributed by atoms with Crippen molar-refractivity contribution in [3.63, 3.8) is 0 Å². The molecular formula is C25H22BrNO5. The number of halogens is 1. The molecule has 1 amide bonds. The van der Waals surface area contributed by atoms with Crippen molar-refractivity contribution in [1.29, 1.82) is 0 Å². The van der Waals surface area contributed by atoms with Crippen LogP contribution in [-0.4, -0.2) is 31.0 Å². The van der Waals surface area contributed by atoms with Crippen LogP contribution in [0.2, 0.25) is 0 Å². The van der Waals surface area contributed by atoms with Gasteiger partial charge in [-0.3, -0.25) is 9.59 Å². The van der Waals surface area contributed by atoms with E-state index in [1.165, 1.54) is 19.1 Å². The van der Waals surface area contributed by atoms with Gasteiger partial charge in [0.1, 0.15) is 11.5 Å². The van der Waals surface area contributed by atoms with Crippen molar-refractivity contribution in [2.45, 2.75) is 18.6 Å². The zero-order valence-corrected chi connectivity index (χ0v) is 19.3. The molecular weight excluding hydrogens is 474 g/mol. The van der Waals surface area contributed by atoms with Crippen molar-refractivity contribution in [2.75, 3.05) is 19.1 Å². The van der Waals surface area contributed by atoms with Crippen molar-refractivity contribution in [3.05, 3.63) is 87.9 Å². The number of anilines is 1. The van der Waals surface area contributed by atoms with Crippen LogP contribution in [-0.2, 0) is 16.9 Å². The molecule has 0 spiro atoms. The van der Waals surface area contributed by atoms with E-state index in [0.717, 1.165) is 5.56 Å². The van der Waals surface area contributed by atoms with E-state index in [1.807, 2.05) is 36.4 Å². The highest BCUT2D eigenvalue weighted by molar-refractivity contribution is 9.10. The summed E-state index contributed by atoms with van der Waals surface area (Å²) < 4.78 is 11.2. The van der Waals surface area contributed by atoms with Crippen molar-refractivity contribution >= 4 is 33.3 Å². The lowest BCUT2D eigenvalue weighted by Crippen LogP contribution is -2.41. The molecule has 1 aliphatic heterocycles. The number of hydrogen-bond donors (Lipinski definition) is 1. The first-order valence-electron chi connectivity index (χ1n) is 10.0. The zero-order valence-electron chi connectivity index (χ0n) is 17.7. The normalized spacial score (nSPS) is 17.2. The maximum atomic E-state index is 13.5. The van der Waals surface area contributed by atoms with E-state index in [2.05, 4.69) is 15.9 Å². The molecule has 1 aliphatic rings. The number of rotatable bonds is 7. The Hall–Kier alpha value is -3.16. The summed E-state index contributed by atoms with van der Waals surface area (Å²) in [4.78, 5) is 28.2. The minimum absolute atomic E-state index is 0.271. The fourth-order valence-corrected chi connectivity index (χ4v) is 4.33. The lowest BCUT2D eigenvalue weighted by Gasteiger charge is -2.23. The van der Waals surface area contributed by atoms with Gasteiger partial charge >= 0.3 is 0 Å². The van der Waals surface area contributed by atoms with Crippen LogP contribution in [0, 0.1) is 0 Å². The standard InChI is InChI=1S/C25H22BrNO5/c1-31-18-9-10-19(23(13-18)32-2)22(28)14-25(30)20-12-17(26)8-11-21(20)27(24(25)29)15-16-6-4-3-5-7-16/h3-13,30H,14-15H2,1-2H3. The predicted molar refractivity (Wildman–Crippen MR) is 124 cm³/mol. The molecule has 0 saturated heterocycles. The molecule has 1 N–H and O–H groups in total. The Morgan fingerprint density at radius 3 is 2.47 bits per heavy atom. The third-order valence-electron chi connectivity index (χ3n) is 5.60. The minimum Gasteiger partial charge on any atom is -0.497 e. The number of amides is 1. The molecule has 164 valence electrons. The Labute approximate surface area is 194 Å². The Balaban J connectivity index is 1.71. The number of ether oxygens (including phenoxy) is 2. The number of methoxy groups -OCH3 is 2. The summed E-state index contributed by atoms with van der Waals surface area (Å²) in [6.45, 7) is 0.288. The lowest BCUT2D eigenvalue weighted by atomic mass is 9.88. The summed E-state index contributed by atoms with van der Waals surface area (Å²) in [5.41, 5.74) is 0.179. The quantitative estimate of drug-likeness (QED) is 0.489. The van der Waals surface area contributed by atoms with Crippen LogP contribution >= 0.6 is 15.9 Å². The molecule has 6 nitrogen and oxygen atoms in total. The number of benzene rings is 3. The number of carbonyl (C=O) groups is 2. The van der Waals surface area contributed by atoms with Crippen LogP contribution in [0.3, 0.4) is 0 Å². The van der Waals surface area contributed by atoms with Gasteiger partial charge in [-0.2, -0.15) is 0 Å². The van der Waals surface area contributed by atoms with Gasteiger partial charge in [0.05, 0.1) is 38.4 Å². The monoisotopic (exact) mass is 495 g/mol. The molecule has 0 aromatic heterocycles. The van der Waals surface area contributed by atoms with E-state index in [9.17, 15) is 14.7 Å². The second-order valence-corrected chi connectivity index (χ2v) is 8.48. The minimum atomic E-state index is -1.99. The van der Waals surface area contributed by atoms with E-state index < -0.39 is 23.7 Å². The van der Waals surface area contributed by atoms with Crippen LogP contribution < -0.4 is 14.4 Å². The smallest absolute Gasteiger partial charge is 0.264 e. The average Bonchev–Trinajstić information content (AvgIpc) is 3.00. The third-order valence-corrected chi connectivity index (χ3v) is 6.10. The fourth-order valence-electron chi connectivity index (χ4n) is 3.97. The van der Waals surface area contributed by atoms with Gasteiger partial charge < -0.3 is 19.5 Å². The van der Waals surface area contributed by atoms with E-state index in [0.29, 0.717) is 27.2 Å². The van der Waals surface area contributed by atoms with Crippen molar-refractivity contribution < 1.29 is 24.2 Å². The molecule has 32 heavy (non-hydrogen) atoms. The molecule has 3 aromatic carbocycles. The summed E-state index contributed by atoms with van der Waals surface area (Å²) in [5, 5.41) is 11.6. The molecule has 3 aromatic rings. The van der Waals surface area contributed by atoms with Crippen LogP contribution in [0.4, 0.5) is 5.69 Å². The summed E-state index contributed by atoms with van der Waals surface area (Å²) in [7, 11) is 2.97. The van der Waals surface area contributed by atoms with Gasteiger partial charge in [0.2, 0.25) is 0 Å². The highest BCUT2D eigenvalue weighted by Gasteiger charge is 2.51. The maximum Gasteiger partial charge on any atom is 0.264 e. The lowest BCUT2D eigenvalue weighted by molar-refractivity contribution is -0.136. The summed E-state index contributed by atoms with van der Waals surface area (Å²) in [5.74, 6) is -0.0838. The molecule has 0 fully saturated rings. The molecule has 7 heteroatoms. The summed E-state index contributed by atoms with van der Waals surface area (Å²) >= 11 is 3.41. The summed E-state index contributed by atoms with van der Waals surface area (Å²) in [6, 6.07) is 19.6. The van der Waals surface area contributed by atoms with Crippen molar-refractivity contribution in [3.8, 4) is 11.5 Å². The highest BCUT2D eigenvalue weighted by atomic mass is 79.9. The first kappa shape index (κ1) is 22.0. The van der Waals surface area contributed by atoms with Gasteiger partial charge in [-0.05, 0) is 35.9 Å². The summed E-state index contributed by atoms with van der Waals surface area (Å²) in [6.07, 6.45) is -0.413. The molecule has 0 radical (unpaired) electrons. The number of fused-ring (bicyclic) bond motifs is 1. The van der Waals surface area contributed by atoms with E-state index in [-0.39, 0.29) is 12.1 Å². The van der Waals surface area contributed by atoms with Crippen molar-refractivity contribution in [1.82, 2.24) is 0 Å². The van der Waals surface area contributed by atoms with Crippen molar-refractivity contribution in [2.24, 2.45) is 0 Å². The Bertz CT molecular complexity index is 1180. The predicted octanol–water partition coefficient (Wildman–Crippen LogP) is 4.47. The van der Waals surface area contributed by atoms with E-state index in [1.54, 1.807) is 30.3 Å². The van der Waals surface area contributed by atoms with Gasteiger partial charge in [0.15, 0.2) is 11.4 Å². The molecule has 0 aliphatic carbocycles. The van der Waals surface area contributed by atoms with Gasteiger partial charge in [0, 0.05) is 16.1 Å². The SMILES string of the molecule is COc1ccc(C(=O)CC2(O)C(=O)N(Cc3ccccc3)c3ccc(Br)cc32)c(OC)c1. The number of Topliss-reactive ketones (excluding diaryl/α,β-unsaturated/α-hetero) is 1. The Morgan fingerprint density at radius 1 is 1.03 bits per heavy atom. The topological polar surface area (TPSA) is 76.1 Å².